The van der Waals surface area contributed by atoms with Crippen molar-refractivity contribution in [2.24, 2.45) is 0 Å². The summed E-state index contributed by atoms with van der Waals surface area (Å²) in [4.78, 5) is 14.7. The molecule has 2 aliphatic rings. The maximum absolute atomic E-state index is 12.8. The molecular formula is C18H22N4O3S. The third-order valence-corrected chi connectivity index (χ3v) is 7.00. The number of amides is 1. The second-order valence-electron chi connectivity index (χ2n) is 6.95. The first kappa shape index (κ1) is 17.2. The lowest BCUT2D eigenvalue weighted by atomic mass is 9.99. The molecule has 1 N–H and O–H groups in total. The fourth-order valence-electron chi connectivity index (χ4n) is 3.63. The molecule has 0 radical (unpaired) electrons. The Kier molecular flexibility index (Phi) is 4.32. The Balaban J connectivity index is 1.59. The number of H-pyrrole nitrogens is 1. The zero-order chi connectivity index (χ0) is 18.3. The highest BCUT2D eigenvalue weighted by Crippen LogP contribution is 2.26. The van der Waals surface area contributed by atoms with Gasteiger partial charge in [0, 0.05) is 31.9 Å². The number of nitrogens with one attached hydrogen (secondary N) is 1. The summed E-state index contributed by atoms with van der Waals surface area (Å²) in [6.45, 7) is 4.04. The summed E-state index contributed by atoms with van der Waals surface area (Å²) in [7, 11) is -3.45. The van der Waals surface area contributed by atoms with E-state index in [-0.39, 0.29) is 5.91 Å². The summed E-state index contributed by atoms with van der Waals surface area (Å²) in [5.41, 5.74) is 3.24. The number of carbonyl (C=O) groups excluding carboxylic acids is 1. The molecule has 1 aromatic carbocycles. The van der Waals surface area contributed by atoms with Gasteiger partial charge < -0.3 is 4.90 Å². The normalized spacial score (nSPS) is 18.1. The first-order valence-electron chi connectivity index (χ1n) is 8.88. The van der Waals surface area contributed by atoms with E-state index in [1.165, 1.54) is 0 Å². The Hall–Kier alpha value is -2.19. The van der Waals surface area contributed by atoms with Crippen molar-refractivity contribution in [3.05, 3.63) is 46.8 Å². The number of hydrogen-bond acceptors (Lipinski definition) is 4. The number of hydrogen-bond donors (Lipinski definition) is 1. The number of aromatic nitrogens is 2. The molecule has 7 nitrogen and oxygen atoms in total. The van der Waals surface area contributed by atoms with Gasteiger partial charge in [-0.2, -0.15) is 9.40 Å². The minimum absolute atomic E-state index is 0.132. The first-order chi connectivity index (χ1) is 12.4. The first-order valence-corrected chi connectivity index (χ1v) is 10.3. The van der Waals surface area contributed by atoms with Crippen molar-refractivity contribution in [3.63, 3.8) is 0 Å². The van der Waals surface area contributed by atoms with Crippen molar-refractivity contribution in [2.45, 2.75) is 37.6 Å². The van der Waals surface area contributed by atoms with E-state index in [4.69, 9.17) is 0 Å². The minimum atomic E-state index is -3.45. The molecule has 2 aromatic rings. The Morgan fingerprint density at radius 3 is 2.58 bits per heavy atom. The van der Waals surface area contributed by atoms with Gasteiger partial charge in [-0.25, -0.2) is 8.42 Å². The molecule has 138 valence electrons. The van der Waals surface area contributed by atoms with Crippen molar-refractivity contribution in [3.8, 4) is 0 Å². The molecule has 2 aliphatic heterocycles. The molecule has 3 heterocycles. The summed E-state index contributed by atoms with van der Waals surface area (Å²) in [6, 6.07) is 7.05. The number of nitrogens with zero attached hydrogens (tertiary/aromatic N) is 3. The predicted octanol–water partition coefficient (Wildman–Crippen LogP) is 1.70. The lowest BCUT2D eigenvalue weighted by molar-refractivity contribution is 0.0728. The lowest BCUT2D eigenvalue weighted by Gasteiger charge is -2.29. The standard InChI is InChI=1S/C18H22N4O3S/c1-13-10-17(20-19-13)18(23)21-9-6-14-4-5-16(11-15(14)12-21)26(24,25)22-7-2-3-8-22/h4-5,10-11H,2-3,6-9,12H2,1H3,(H,19,20). The third-order valence-electron chi connectivity index (χ3n) is 5.11. The maximum Gasteiger partial charge on any atom is 0.274 e. The van der Waals surface area contributed by atoms with Crippen molar-refractivity contribution in [2.75, 3.05) is 19.6 Å². The van der Waals surface area contributed by atoms with E-state index in [9.17, 15) is 13.2 Å². The molecule has 4 rings (SSSR count). The molecule has 1 aromatic heterocycles. The lowest BCUT2D eigenvalue weighted by Crippen LogP contribution is -2.36. The largest absolute Gasteiger partial charge is 0.333 e. The summed E-state index contributed by atoms with van der Waals surface area (Å²) < 4.78 is 27.1. The van der Waals surface area contributed by atoms with E-state index in [1.54, 1.807) is 27.4 Å². The highest BCUT2D eigenvalue weighted by molar-refractivity contribution is 7.89. The zero-order valence-corrected chi connectivity index (χ0v) is 15.6. The van der Waals surface area contributed by atoms with Crippen LogP contribution in [-0.2, 0) is 23.0 Å². The monoisotopic (exact) mass is 374 g/mol. The summed E-state index contributed by atoms with van der Waals surface area (Å²) >= 11 is 0. The second-order valence-corrected chi connectivity index (χ2v) is 8.89. The van der Waals surface area contributed by atoms with E-state index < -0.39 is 10.0 Å². The van der Waals surface area contributed by atoms with Gasteiger partial charge >= 0.3 is 0 Å². The van der Waals surface area contributed by atoms with Gasteiger partial charge in [0.2, 0.25) is 10.0 Å². The van der Waals surface area contributed by atoms with Crippen LogP contribution in [0.1, 0.15) is 40.2 Å². The van der Waals surface area contributed by atoms with Gasteiger partial charge in [-0.1, -0.05) is 6.07 Å². The number of aryl methyl sites for hydroxylation is 1. The van der Waals surface area contributed by atoms with Gasteiger partial charge in [0.1, 0.15) is 5.69 Å². The molecule has 0 spiro atoms. The van der Waals surface area contributed by atoms with Crippen molar-refractivity contribution in [1.29, 1.82) is 0 Å². The number of carbonyl (C=O) groups is 1. The summed E-state index contributed by atoms with van der Waals surface area (Å²) in [5, 5.41) is 6.82. The van der Waals surface area contributed by atoms with E-state index in [2.05, 4.69) is 10.2 Å². The van der Waals surface area contributed by atoms with E-state index in [1.807, 2.05) is 13.0 Å². The van der Waals surface area contributed by atoms with E-state index >= 15 is 0 Å². The third kappa shape index (κ3) is 3.03. The fraction of sp³-hybridized carbons (Fsp3) is 0.444. The Labute approximate surface area is 153 Å². The highest BCUT2D eigenvalue weighted by Gasteiger charge is 2.29. The maximum atomic E-state index is 12.8. The molecule has 0 aliphatic carbocycles. The van der Waals surface area contributed by atoms with Gasteiger partial charge in [-0.3, -0.25) is 9.89 Å². The quantitative estimate of drug-likeness (QED) is 0.886. The smallest absolute Gasteiger partial charge is 0.274 e. The molecule has 26 heavy (non-hydrogen) atoms. The highest BCUT2D eigenvalue weighted by atomic mass is 32.2. The molecular weight excluding hydrogens is 352 g/mol. The predicted molar refractivity (Wildman–Crippen MR) is 96.2 cm³/mol. The van der Waals surface area contributed by atoms with Crippen LogP contribution < -0.4 is 0 Å². The van der Waals surface area contributed by atoms with E-state index in [0.717, 1.165) is 29.7 Å². The van der Waals surface area contributed by atoms with Crippen molar-refractivity contribution < 1.29 is 13.2 Å². The number of fused-ring (bicyclic) bond motifs is 1. The molecule has 0 bridgehead atoms. The SMILES string of the molecule is Cc1cc(C(=O)N2CCc3ccc(S(=O)(=O)N4CCCC4)cc3C2)n[nH]1. The van der Waals surface area contributed by atoms with Gasteiger partial charge in [0.25, 0.3) is 5.91 Å². The Morgan fingerprint density at radius 1 is 1.12 bits per heavy atom. The van der Waals surface area contributed by atoms with Crippen LogP contribution in [0.4, 0.5) is 0 Å². The van der Waals surface area contributed by atoms with Crippen LogP contribution in [0.15, 0.2) is 29.2 Å². The Bertz CT molecular complexity index is 945. The molecule has 1 saturated heterocycles. The van der Waals surface area contributed by atoms with Gasteiger partial charge in [0.15, 0.2) is 0 Å². The second kappa shape index (κ2) is 6.51. The van der Waals surface area contributed by atoms with Crippen LogP contribution in [0.25, 0.3) is 0 Å². The average molecular weight is 374 g/mol. The van der Waals surface area contributed by atoms with Crippen LogP contribution in [-0.4, -0.2) is 53.4 Å². The topological polar surface area (TPSA) is 86.4 Å². The molecule has 0 atom stereocenters. The van der Waals surface area contributed by atoms with Crippen LogP contribution in [0.2, 0.25) is 0 Å². The molecule has 0 unspecified atom stereocenters. The van der Waals surface area contributed by atoms with Gasteiger partial charge in [0.05, 0.1) is 4.90 Å². The van der Waals surface area contributed by atoms with Gasteiger partial charge in [-0.15, -0.1) is 0 Å². The number of rotatable bonds is 3. The van der Waals surface area contributed by atoms with E-state index in [0.29, 0.717) is 43.2 Å². The summed E-state index contributed by atoms with van der Waals surface area (Å²) in [6.07, 6.45) is 2.54. The average Bonchev–Trinajstić information content (AvgIpc) is 3.32. The number of benzene rings is 1. The van der Waals surface area contributed by atoms with Crippen LogP contribution in [0.5, 0.6) is 0 Å². The molecule has 1 amide bonds. The van der Waals surface area contributed by atoms with Crippen LogP contribution in [0.3, 0.4) is 0 Å². The molecule has 0 saturated carbocycles. The molecule has 1 fully saturated rings. The van der Waals surface area contributed by atoms with Crippen molar-refractivity contribution >= 4 is 15.9 Å². The summed E-state index contributed by atoms with van der Waals surface area (Å²) in [5.74, 6) is -0.132. The fourth-order valence-corrected chi connectivity index (χ4v) is 5.20. The molecule has 8 heteroatoms. The van der Waals surface area contributed by atoms with Crippen molar-refractivity contribution in [1.82, 2.24) is 19.4 Å². The number of aromatic amines is 1. The minimum Gasteiger partial charge on any atom is -0.333 e. The Morgan fingerprint density at radius 2 is 1.88 bits per heavy atom. The van der Waals surface area contributed by atoms with Crippen LogP contribution in [0, 0.1) is 6.92 Å². The number of sulfonamides is 1. The van der Waals surface area contributed by atoms with Gasteiger partial charge in [-0.05, 0) is 55.5 Å². The zero-order valence-electron chi connectivity index (χ0n) is 14.7. The van der Waals surface area contributed by atoms with Crippen LogP contribution >= 0.6 is 0 Å².